The molecule has 4 heteroatoms. The normalized spacial score (nSPS) is 41.8. The van der Waals surface area contributed by atoms with Gasteiger partial charge in [0, 0.05) is 18.5 Å². The SMILES string of the molecule is CCCCCC1C(C(C)=O)C(C2CCC3(C)OCOC3C2)CN1CC. The molecular weight excluding hydrogens is 314 g/mol. The molecule has 0 spiro atoms. The lowest BCUT2D eigenvalue weighted by Crippen LogP contribution is -2.45. The van der Waals surface area contributed by atoms with Crippen molar-refractivity contribution in [2.75, 3.05) is 19.9 Å². The number of fused-ring (bicyclic) bond motifs is 1. The van der Waals surface area contributed by atoms with Crippen LogP contribution in [0.15, 0.2) is 0 Å². The van der Waals surface area contributed by atoms with Crippen molar-refractivity contribution < 1.29 is 14.3 Å². The van der Waals surface area contributed by atoms with Crippen molar-refractivity contribution >= 4 is 5.78 Å². The number of ether oxygens (including phenoxy) is 2. The molecule has 2 saturated heterocycles. The van der Waals surface area contributed by atoms with Crippen LogP contribution in [0.25, 0.3) is 0 Å². The second kappa shape index (κ2) is 8.06. The first-order valence-corrected chi connectivity index (χ1v) is 10.5. The van der Waals surface area contributed by atoms with E-state index in [4.69, 9.17) is 9.47 Å². The highest BCUT2D eigenvalue weighted by atomic mass is 16.7. The molecular formula is C21H37NO3. The Morgan fingerprint density at radius 3 is 2.76 bits per heavy atom. The first-order chi connectivity index (χ1) is 12.0. The molecule has 1 aliphatic carbocycles. The molecule has 3 fully saturated rings. The largest absolute Gasteiger partial charge is 0.349 e. The molecule has 25 heavy (non-hydrogen) atoms. The maximum atomic E-state index is 12.6. The smallest absolute Gasteiger partial charge is 0.148 e. The van der Waals surface area contributed by atoms with Crippen molar-refractivity contribution in [2.24, 2.45) is 17.8 Å². The summed E-state index contributed by atoms with van der Waals surface area (Å²) in [7, 11) is 0. The fourth-order valence-electron chi connectivity index (χ4n) is 5.70. The summed E-state index contributed by atoms with van der Waals surface area (Å²) in [6, 6.07) is 0.452. The van der Waals surface area contributed by atoms with Gasteiger partial charge in [0.2, 0.25) is 0 Å². The van der Waals surface area contributed by atoms with Crippen molar-refractivity contribution in [2.45, 2.75) is 90.4 Å². The zero-order chi connectivity index (χ0) is 18.0. The molecule has 3 rings (SSSR count). The van der Waals surface area contributed by atoms with Gasteiger partial charge in [0.1, 0.15) is 12.6 Å². The van der Waals surface area contributed by atoms with Crippen LogP contribution in [0, 0.1) is 17.8 Å². The van der Waals surface area contributed by atoms with E-state index < -0.39 is 0 Å². The number of ketones is 1. The number of carbonyl (C=O) groups excluding carboxylic acids is 1. The highest BCUT2D eigenvalue weighted by Gasteiger charge is 2.52. The monoisotopic (exact) mass is 351 g/mol. The van der Waals surface area contributed by atoms with E-state index in [0.717, 1.165) is 25.9 Å². The third kappa shape index (κ3) is 3.81. The van der Waals surface area contributed by atoms with E-state index in [1.807, 2.05) is 6.92 Å². The maximum Gasteiger partial charge on any atom is 0.148 e. The predicted octanol–water partition coefficient (Wildman–Crippen LogP) is 4.02. The minimum absolute atomic E-state index is 0.0915. The Hall–Kier alpha value is -0.450. The number of unbranched alkanes of at least 4 members (excludes halogenated alkanes) is 2. The zero-order valence-electron chi connectivity index (χ0n) is 16.6. The van der Waals surface area contributed by atoms with Gasteiger partial charge in [0.05, 0.1) is 11.7 Å². The van der Waals surface area contributed by atoms with Gasteiger partial charge in [0.15, 0.2) is 0 Å². The lowest BCUT2D eigenvalue weighted by Gasteiger charge is -2.40. The predicted molar refractivity (Wildman–Crippen MR) is 99.4 cm³/mol. The lowest BCUT2D eigenvalue weighted by atomic mass is 9.68. The van der Waals surface area contributed by atoms with Crippen LogP contribution in [0.1, 0.15) is 72.6 Å². The molecule has 2 aliphatic heterocycles. The van der Waals surface area contributed by atoms with Gasteiger partial charge in [0.25, 0.3) is 0 Å². The molecule has 0 N–H and O–H groups in total. The van der Waals surface area contributed by atoms with E-state index in [9.17, 15) is 4.79 Å². The van der Waals surface area contributed by atoms with E-state index in [-0.39, 0.29) is 17.6 Å². The molecule has 3 aliphatic rings. The Morgan fingerprint density at radius 2 is 2.08 bits per heavy atom. The molecule has 6 atom stereocenters. The molecule has 0 aromatic heterocycles. The topological polar surface area (TPSA) is 38.8 Å². The maximum absolute atomic E-state index is 12.6. The number of hydrogen-bond donors (Lipinski definition) is 0. The number of likely N-dealkylation sites (tertiary alicyclic amines) is 1. The minimum Gasteiger partial charge on any atom is -0.349 e. The van der Waals surface area contributed by atoms with Crippen molar-refractivity contribution in [3.05, 3.63) is 0 Å². The summed E-state index contributed by atoms with van der Waals surface area (Å²) in [6.45, 7) is 11.1. The number of hydrogen-bond acceptors (Lipinski definition) is 4. The van der Waals surface area contributed by atoms with Gasteiger partial charge in [-0.25, -0.2) is 0 Å². The van der Waals surface area contributed by atoms with Gasteiger partial charge in [-0.05, 0) is 57.9 Å². The highest BCUT2D eigenvalue weighted by Crippen LogP contribution is 2.47. The Balaban J connectivity index is 1.72. The van der Waals surface area contributed by atoms with E-state index in [2.05, 4.69) is 25.7 Å². The van der Waals surface area contributed by atoms with E-state index in [1.165, 1.54) is 32.1 Å². The van der Waals surface area contributed by atoms with E-state index in [1.54, 1.807) is 0 Å². The van der Waals surface area contributed by atoms with Crippen LogP contribution in [0.3, 0.4) is 0 Å². The van der Waals surface area contributed by atoms with Gasteiger partial charge >= 0.3 is 0 Å². The van der Waals surface area contributed by atoms with Crippen molar-refractivity contribution in [1.29, 1.82) is 0 Å². The molecule has 0 bridgehead atoms. The second-order valence-corrected chi connectivity index (χ2v) is 8.72. The van der Waals surface area contributed by atoms with Gasteiger partial charge in [-0.3, -0.25) is 9.69 Å². The minimum atomic E-state index is -0.0915. The van der Waals surface area contributed by atoms with Crippen LogP contribution < -0.4 is 0 Å². The molecule has 2 heterocycles. The Labute approximate surface area is 153 Å². The molecule has 0 aromatic carbocycles. The summed E-state index contributed by atoms with van der Waals surface area (Å²) in [6.07, 6.45) is 8.45. The summed E-state index contributed by atoms with van der Waals surface area (Å²) in [5.74, 6) is 1.71. The van der Waals surface area contributed by atoms with Crippen molar-refractivity contribution in [3.63, 3.8) is 0 Å². The second-order valence-electron chi connectivity index (χ2n) is 8.72. The summed E-state index contributed by atoms with van der Waals surface area (Å²) in [5, 5.41) is 0. The van der Waals surface area contributed by atoms with Crippen molar-refractivity contribution in [3.8, 4) is 0 Å². The first-order valence-electron chi connectivity index (χ1n) is 10.5. The lowest BCUT2D eigenvalue weighted by molar-refractivity contribution is -0.123. The summed E-state index contributed by atoms with van der Waals surface area (Å²) >= 11 is 0. The third-order valence-corrected chi connectivity index (χ3v) is 7.24. The number of carbonyl (C=O) groups is 1. The zero-order valence-corrected chi connectivity index (χ0v) is 16.6. The van der Waals surface area contributed by atoms with E-state index >= 15 is 0 Å². The molecule has 1 saturated carbocycles. The standard InChI is InChI=1S/C21H37NO3/c1-5-7-8-9-18-20(15(3)23)17(13-22(18)6-2)16-10-11-21(4)19(12-16)24-14-25-21/h16-20H,5-14H2,1-4H3. The summed E-state index contributed by atoms with van der Waals surface area (Å²) in [5.41, 5.74) is -0.0915. The fourth-order valence-corrected chi connectivity index (χ4v) is 5.70. The van der Waals surface area contributed by atoms with Crippen LogP contribution in [0.2, 0.25) is 0 Å². The fraction of sp³-hybridized carbons (Fsp3) is 0.952. The van der Waals surface area contributed by atoms with Gasteiger partial charge < -0.3 is 9.47 Å². The van der Waals surface area contributed by atoms with Gasteiger partial charge in [-0.2, -0.15) is 0 Å². The molecule has 6 unspecified atom stereocenters. The Bertz CT molecular complexity index is 468. The molecule has 0 aromatic rings. The average Bonchev–Trinajstić information content (AvgIpc) is 3.14. The Kier molecular flexibility index (Phi) is 6.23. The molecule has 0 radical (unpaired) electrons. The van der Waals surface area contributed by atoms with Crippen LogP contribution in [-0.2, 0) is 14.3 Å². The van der Waals surface area contributed by atoms with Gasteiger partial charge in [-0.1, -0.05) is 33.1 Å². The summed E-state index contributed by atoms with van der Waals surface area (Å²) in [4.78, 5) is 15.2. The van der Waals surface area contributed by atoms with Crippen molar-refractivity contribution in [1.82, 2.24) is 4.90 Å². The molecule has 0 amide bonds. The summed E-state index contributed by atoms with van der Waals surface area (Å²) < 4.78 is 11.7. The number of Topliss-reactive ketones (excluding diaryl/α,β-unsaturated/α-hetero) is 1. The van der Waals surface area contributed by atoms with Crippen LogP contribution in [0.5, 0.6) is 0 Å². The highest BCUT2D eigenvalue weighted by molar-refractivity contribution is 5.79. The Morgan fingerprint density at radius 1 is 1.28 bits per heavy atom. The molecule has 144 valence electrons. The van der Waals surface area contributed by atoms with Crippen LogP contribution in [0.4, 0.5) is 0 Å². The van der Waals surface area contributed by atoms with Crippen LogP contribution >= 0.6 is 0 Å². The molecule has 4 nitrogen and oxygen atoms in total. The third-order valence-electron chi connectivity index (χ3n) is 7.24. The van der Waals surface area contributed by atoms with Gasteiger partial charge in [-0.15, -0.1) is 0 Å². The number of nitrogens with zero attached hydrogens (tertiary/aromatic N) is 1. The number of rotatable bonds is 7. The quantitative estimate of drug-likeness (QED) is 0.649. The average molecular weight is 352 g/mol. The first kappa shape index (κ1) is 19.3. The van der Waals surface area contributed by atoms with Crippen LogP contribution in [-0.4, -0.2) is 48.3 Å². The van der Waals surface area contributed by atoms with E-state index in [0.29, 0.717) is 30.5 Å².